The minimum atomic E-state index is 0.310. The highest BCUT2D eigenvalue weighted by atomic mass is 35.5. The van der Waals surface area contributed by atoms with Gasteiger partial charge in [0.25, 0.3) is 0 Å². The van der Waals surface area contributed by atoms with Gasteiger partial charge in [-0.1, -0.05) is 54.1 Å². The van der Waals surface area contributed by atoms with E-state index < -0.39 is 0 Å². The fraction of sp³-hybridized carbons (Fsp3) is 0. The molecule has 0 saturated heterocycles. The molecule has 0 bridgehead atoms. The number of aromatic nitrogens is 3. The molecule has 4 rings (SSSR count). The molecule has 3 N–H and O–H groups in total. The van der Waals surface area contributed by atoms with Crippen LogP contribution in [0.15, 0.2) is 60.7 Å². The second-order valence-electron chi connectivity index (χ2n) is 5.58. The van der Waals surface area contributed by atoms with Gasteiger partial charge in [0.2, 0.25) is 0 Å². The van der Waals surface area contributed by atoms with Gasteiger partial charge in [-0.2, -0.15) is 4.98 Å². The van der Waals surface area contributed by atoms with Crippen LogP contribution < -0.4 is 5.73 Å². The number of hydrogen-bond acceptors (Lipinski definition) is 4. The summed E-state index contributed by atoms with van der Waals surface area (Å²) in [6.45, 7) is 0. The summed E-state index contributed by atoms with van der Waals surface area (Å²) >= 11 is 11.2. The molecule has 0 unspecified atom stereocenters. The van der Waals surface area contributed by atoms with Gasteiger partial charge in [0.1, 0.15) is 5.82 Å². The first-order valence-electron chi connectivity index (χ1n) is 7.64. The SMILES string of the molecule is Nc1[nH]c(=S)nc2nc(-c3ccc(Cl)cc3)cc(-c3ccccc3)c12. The predicted octanol–water partition coefficient (Wildman–Crippen LogP) is 5.26. The Bertz CT molecular complexity index is 1120. The fourth-order valence-corrected chi connectivity index (χ4v) is 3.12. The van der Waals surface area contributed by atoms with Crippen LogP contribution in [0.3, 0.4) is 0 Å². The number of aromatic amines is 1. The van der Waals surface area contributed by atoms with E-state index in [1.165, 1.54) is 0 Å². The highest BCUT2D eigenvalue weighted by Crippen LogP contribution is 2.33. The molecule has 0 spiro atoms. The molecule has 25 heavy (non-hydrogen) atoms. The summed E-state index contributed by atoms with van der Waals surface area (Å²) in [5, 5.41) is 1.44. The molecule has 2 aromatic heterocycles. The molecule has 0 aliphatic rings. The Morgan fingerprint density at radius 2 is 1.64 bits per heavy atom. The summed E-state index contributed by atoms with van der Waals surface area (Å²) in [6.07, 6.45) is 0. The lowest BCUT2D eigenvalue weighted by Crippen LogP contribution is -1.99. The maximum absolute atomic E-state index is 6.18. The molecule has 0 atom stereocenters. The van der Waals surface area contributed by atoms with Gasteiger partial charge in [-0.25, -0.2) is 4.98 Å². The van der Waals surface area contributed by atoms with Gasteiger partial charge in [-0.3, -0.25) is 0 Å². The highest BCUT2D eigenvalue weighted by Gasteiger charge is 2.13. The molecular formula is C19H13ClN4S. The molecule has 4 aromatic rings. The molecule has 0 saturated carbocycles. The molecule has 4 nitrogen and oxygen atoms in total. The number of benzene rings is 2. The van der Waals surface area contributed by atoms with Crippen molar-refractivity contribution in [3.8, 4) is 22.4 Å². The Balaban J connectivity index is 2.07. The van der Waals surface area contributed by atoms with Gasteiger partial charge in [-0.15, -0.1) is 0 Å². The zero-order valence-corrected chi connectivity index (χ0v) is 14.6. The first kappa shape index (κ1) is 15.7. The minimum absolute atomic E-state index is 0.310. The maximum atomic E-state index is 6.18. The van der Waals surface area contributed by atoms with Crippen LogP contribution in [0.2, 0.25) is 5.02 Å². The lowest BCUT2D eigenvalue weighted by atomic mass is 10.00. The summed E-state index contributed by atoms with van der Waals surface area (Å²) in [7, 11) is 0. The van der Waals surface area contributed by atoms with Crippen LogP contribution >= 0.6 is 23.8 Å². The van der Waals surface area contributed by atoms with Crippen LogP contribution in [0.4, 0.5) is 5.82 Å². The number of hydrogen-bond donors (Lipinski definition) is 2. The molecule has 6 heteroatoms. The van der Waals surface area contributed by atoms with E-state index in [9.17, 15) is 0 Å². The van der Waals surface area contributed by atoms with Crippen molar-refractivity contribution < 1.29 is 0 Å². The number of anilines is 1. The number of nitrogen functional groups attached to an aromatic ring is 1. The van der Waals surface area contributed by atoms with Crippen LogP contribution in [0.25, 0.3) is 33.4 Å². The van der Waals surface area contributed by atoms with E-state index in [4.69, 9.17) is 29.6 Å². The molecule has 0 aliphatic heterocycles. The lowest BCUT2D eigenvalue weighted by molar-refractivity contribution is 1.16. The molecular weight excluding hydrogens is 352 g/mol. The Morgan fingerprint density at radius 1 is 0.920 bits per heavy atom. The van der Waals surface area contributed by atoms with Crippen LogP contribution in [0.1, 0.15) is 0 Å². The Morgan fingerprint density at radius 3 is 2.36 bits per heavy atom. The molecule has 0 radical (unpaired) electrons. The monoisotopic (exact) mass is 364 g/mol. The second-order valence-corrected chi connectivity index (χ2v) is 6.41. The third kappa shape index (κ3) is 2.99. The second kappa shape index (κ2) is 6.27. The van der Waals surface area contributed by atoms with Gasteiger partial charge >= 0.3 is 0 Å². The average molecular weight is 365 g/mol. The average Bonchev–Trinajstić information content (AvgIpc) is 2.62. The van der Waals surface area contributed by atoms with Crippen LogP contribution in [0, 0.1) is 4.77 Å². The van der Waals surface area contributed by atoms with Gasteiger partial charge in [0.05, 0.1) is 11.1 Å². The minimum Gasteiger partial charge on any atom is -0.385 e. The van der Waals surface area contributed by atoms with Crippen LogP contribution in [-0.2, 0) is 0 Å². The summed E-state index contributed by atoms with van der Waals surface area (Å²) < 4.78 is 0.310. The zero-order chi connectivity index (χ0) is 17.4. The first-order valence-corrected chi connectivity index (χ1v) is 8.42. The van der Waals surface area contributed by atoms with Crippen molar-refractivity contribution in [2.75, 3.05) is 5.73 Å². The van der Waals surface area contributed by atoms with E-state index >= 15 is 0 Å². The smallest absolute Gasteiger partial charge is 0.200 e. The zero-order valence-electron chi connectivity index (χ0n) is 13.0. The molecule has 2 heterocycles. The summed E-state index contributed by atoms with van der Waals surface area (Å²) in [5.41, 5.74) is 10.4. The molecule has 122 valence electrons. The number of halogens is 1. The van der Waals surface area contributed by atoms with E-state index in [0.29, 0.717) is 21.3 Å². The van der Waals surface area contributed by atoms with Gasteiger partial charge < -0.3 is 10.7 Å². The highest BCUT2D eigenvalue weighted by molar-refractivity contribution is 7.71. The third-order valence-electron chi connectivity index (χ3n) is 3.94. The van der Waals surface area contributed by atoms with Crippen molar-refractivity contribution >= 4 is 40.7 Å². The molecule has 2 aromatic carbocycles. The maximum Gasteiger partial charge on any atom is 0.200 e. The van der Waals surface area contributed by atoms with Gasteiger partial charge in [-0.05, 0) is 41.5 Å². The number of nitrogens with one attached hydrogen (secondary N) is 1. The number of H-pyrrole nitrogens is 1. The first-order chi connectivity index (χ1) is 12.1. The predicted molar refractivity (Wildman–Crippen MR) is 105 cm³/mol. The quantitative estimate of drug-likeness (QED) is 0.476. The van der Waals surface area contributed by atoms with Crippen molar-refractivity contribution in [1.82, 2.24) is 15.0 Å². The third-order valence-corrected chi connectivity index (χ3v) is 4.39. The van der Waals surface area contributed by atoms with Crippen molar-refractivity contribution in [1.29, 1.82) is 0 Å². The normalized spacial score (nSPS) is 10.9. The Kier molecular flexibility index (Phi) is 3.95. The van der Waals surface area contributed by atoms with Crippen molar-refractivity contribution in [3.05, 3.63) is 70.5 Å². The van der Waals surface area contributed by atoms with Crippen LogP contribution in [0.5, 0.6) is 0 Å². The summed E-state index contributed by atoms with van der Waals surface area (Å²) in [5.74, 6) is 0.462. The van der Waals surface area contributed by atoms with Gasteiger partial charge in [0, 0.05) is 10.6 Å². The topological polar surface area (TPSA) is 67.6 Å². The molecule has 0 fully saturated rings. The number of fused-ring (bicyclic) bond motifs is 1. The standard InChI is InChI=1S/C19H13ClN4S/c20-13-8-6-12(7-9-13)15-10-14(11-4-2-1-3-5-11)16-17(21)23-19(25)24-18(16)22-15/h1-10H,(H3,21,22,23,24,25). The Hall–Kier alpha value is -2.76. The largest absolute Gasteiger partial charge is 0.385 e. The summed E-state index contributed by atoms with van der Waals surface area (Å²) in [6, 6.07) is 19.5. The summed E-state index contributed by atoms with van der Waals surface area (Å²) in [4.78, 5) is 11.9. The van der Waals surface area contributed by atoms with Crippen molar-refractivity contribution in [2.45, 2.75) is 0 Å². The molecule has 0 amide bonds. The fourth-order valence-electron chi connectivity index (χ4n) is 2.79. The van der Waals surface area contributed by atoms with Crippen molar-refractivity contribution in [3.63, 3.8) is 0 Å². The number of rotatable bonds is 2. The van der Waals surface area contributed by atoms with E-state index in [1.807, 2.05) is 60.7 Å². The number of nitrogens with two attached hydrogens (primary N) is 1. The van der Waals surface area contributed by atoms with E-state index in [2.05, 4.69) is 15.0 Å². The van der Waals surface area contributed by atoms with E-state index in [0.717, 1.165) is 27.8 Å². The van der Waals surface area contributed by atoms with E-state index in [-0.39, 0.29) is 0 Å². The van der Waals surface area contributed by atoms with Crippen molar-refractivity contribution in [2.24, 2.45) is 0 Å². The Labute approximate surface area is 154 Å². The lowest BCUT2D eigenvalue weighted by Gasteiger charge is -2.11. The van der Waals surface area contributed by atoms with Crippen LogP contribution in [-0.4, -0.2) is 15.0 Å². The van der Waals surface area contributed by atoms with E-state index in [1.54, 1.807) is 0 Å². The number of nitrogens with zero attached hydrogens (tertiary/aromatic N) is 2. The molecule has 0 aliphatic carbocycles. The number of pyridine rings is 1. The van der Waals surface area contributed by atoms with Gasteiger partial charge in [0.15, 0.2) is 10.4 Å².